The first kappa shape index (κ1) is 20.2. The van der Waals surface area contributed by atoms with Crippen LogP contribution in [0.5, 0.6) is 0 Å². The third-order valence-electron chi connectivity index (χ3n) is 4.39. The second kappa shape index (κ2) is 8.65. The van der Waals surface area contributed by atoms with Crippen molar-refractivity contribution >= 4 is 17.3 Å². The molecule has 2 heterocycles. The highest BCUT2D eigenvalue weighted by Gasteiger charge is 2.21. The molecule has 0 saturated carbocycles. The molecule has 0 fully saturated rings. The molecular formula is C19H22N6O4. The number of carbonyl (C=O) groups excluding carboxylic acids is 1. The monoisotopic (exact) mass is 398 g/mol. The van der Waals surface area contributed by atoms with E-state index in [1.807, 2.05) is 6.92 Å². The van der Waals surface area contributed by atoms with Gasteiger partial charge in [-0.2, -0.15) is 10.2 Å². The van der Waals surface area contributed by atoms with E-state index in [0.717, 1.165) is 5.56 Å². The number of amides is 1. The zero-order valence-corrected chi connectivity index (χ0v) is 16.5. The summed E-state index contributed by atoms with van der Waals surface area (Å²) < 4.78 is 8.44. The molecule has 0 bridgehead atoms. The minimum Gasteiger partial charge on any atom is -0.360 e. The molecule has 1 amide bonds. The van der Waals surface area contributed by atoms with Gasteiger partial charge in [0.05, 0.1) is 29.5 Å². The van der Waals surface area contributed by atoms with Crippen LogP contribution in [0.1, 0.15) is 34.2 Å². The second-order valence-electron chi connectivity index (χ2n) is 6.48. The van der Waals surface area contributed by atoms with E-state index in [-0.39, 0.29) is 11.6 Å². The molecule has 10 nitrogen and oxygen atoms in total. The SMILES string of the molecule is CCOCn1cc(NC(=O)c2ccc(Cn3nc(C)c([N+](=O)[O-])c3C)cc2)cn1. The lowest BCUT2D eigenvalue weighted by atomic mass is 10.1. The normalized spacial score (nSPS) is 10.9. The molecule has 0 spiro atoms. The lowest BCUT2D eigenvalue weighted by Gasteiger charge is -2.06. The van der Waals surface area contributed by atoms with Crippen LogP contribution in [-0.2, 0) is 18.0 Å². The number of hydrogen-bond acceptors (Lipinski definition) is 6. The smallest absolute Gasteiger partial charge is 0.312 e. The maximum Gasteiger partial charge on any atom is 0.312 e. The fourth-order valence-electron chi connectivity index (χ4n) is 2.93. The Hall–Kier alpha value is -3.53. The van der Waals surface area contributed by atoms with Gasteiger partial charge in [-0.3, -0.25) is 19.6 Å². The molecule has 29 heavy (non-hydrogen) atoms. The number of aryl methyl sites for hydroxylation is 1. The third kappa shape index (κ3) is 4.66. The van der Waals surface area contributed by atoms with E-state index >= 15 is 0 Å². The standard InChI is InChI=1S/C19H22N6O4/c1-4-29-12-23-11-17(9-20-23)21-19(26)16-7-5-15(6-8-16)10-24-14(3)18(25(27)28)13(2)22-24/h5-9,11H,4,10,12H2,1-3H3,(H,21,26). The summed E-state index contributed by atoms with van der Waals surface area (Å²) in [6, 6.07) is 7.01. The number of benzene rings is 1. The molecule has 0 atom stereocenters. The van der Waals surface area contributed by atoms with E-state index in [9.17, 15) is 14.9 Å². The number of aromatic nitrogens is 4. The van der Waals surface area contributed by atoms with Gasteiger partial charge in [-0.25, -0.2) is 4.68 Å². The van der Waals surface area contributed by atoms with Crippen LogP contribution in [-0.4, -0.2) is 37.0 Å². The molecule has 3 aromatic rings. The van der Waals surface area contributed by atoms with Crippen molar-refractivity contribution in [2.45, 2.75) is 34.0 Å². The van der Waals surface area contributed by atoms with E-state index in [4.69, 9.17) is 4.74 Å². The van der Waals surface area contributed by atoms with Gasteiger partial charge in [0.15, 0.2) is 0 Å². The van der Waals surface area contributed by atoms with Gasteiger partial charge < -0.3 is 10.1 Å². The molecule has 0 saturated heterocycles. The largest absolute Gasteiger partial charge is 0.360 e. The number of nitrogens with zero attached hydrogens (tertiary/aromatic N) is 5. The summed E-state index contributed by atoms with van der Waals surface area (Å²) in [5.74, 6) is -0.255. The summed E-state index contributed by atoms with van der Waals surface area (Å²) in [6.45, 7) is 6.47. The van der Waals surface area contributed by atoms with Crippen LogP contribution in [0.3, 0.4) is 0 Å². The molecule has 1 aromatic carbocycles. The van der Waals surface area contributed by atoms with Crippen LogP contribution in [0.4, 0.5) is 11.4 Å². The Bertz CT molecular complexity index is 1020. The average Bonchev–Trinajstić information content (AvgIpc) is 3.24. The second-order valence-corrected chi connectivity index (χ2v) is 6.48. The van der Waals surface area contributed by atoms with Crippen molar-refractivity contribution in [2.24, 2.45) is 0 Å². The highest BCUT2D eigenvalue weighted by Crippen LogP contribution is 2.22. The topological polar surface area (TPSA) is 117 Å². The minimum atomic E-state index is -0.419. The molecule has 0 aliphatic rings. The maximum atomic E-state index is 12.4. The van der Waals surface area contributed by atoms with Crippen LogP contribution in [0.25, 0.3) is 0 Å². The Kier molecular flexibility index (Phi) is 6.03. The van der Waals surface area contributed by atoms with Crippen LogP contribution < -0.4 is 5.32 Å². The van der Waals surface area contributed by atoms with E-state index < -0.39 is 4.92 Å². The summed E-state index contributed by atoms with van der Waals surface area (Å²) in [4.78, 5) is 23.1. The van der Waals surface area contributed by atoms with Gasteiger partial charge >= 0.3 is 5.69 Å². The van der Waals surface area contributed by atoms with Crippen LogP contribution in [0.15, 0.2) is 36.7 Å². The van der Waals surface area contributed by atoms with Gasteiger partial charge in [0.25, 0.3) is 5.91 Å². The summed E-state index contributed by atoms with van der Waals surface area (Å²) in [6.07, 6.45) is 3.25. The molecule has 0 aliphatic carbocycles. The van der Waals surface area contributed by atoms with E-state index in [1.54, 1.807) is 59.9 Å². The number of ether oxygens (including phenoxy) is 1. The Labute approximate surface area is 167 Å². The first-order valence-corrected chi connectivity index (χ1v) is 9.08. The van der Waals surface area contributed by atoms with Gasteiger partial charge in [0.1, 0.15) is 18.1 Å². The molecule has 152 valence electrons. The average molecular weight is 398 g/mol. The number of nitro groups is 1. The summed E-state index contributed by atoms with van der Waals surface area (Å²) in [5, 5.41) is 22.3. The van der Waals surface area contributed by atoms with Crippen molar-refractivity contribution < 1.29 is 14.5 Å². The Balaban J connectivity index is 1.65. The Morgan fingerprint density at radius 3 is 2.62 bits per heavy atom. The van der Waals surface area contributed by atoms with Crippen molar-refractivity contribution in [3.05, 3.63) is 69.3 Å². The zero-order valence-electron chi connectivity index (χ0n) is 16.5. The van der Waals surface area contributed by atoms with E-state index in [0.29, 0.717) is 42.5 Å². The number of anilines is 1. The predicted octanol–water partition coefficient (Wildman–Crippen LogP) is 2.90. The van der Waals surface area contributed by atoms with Gasteiger partial charge in [-0.15, -0.1) is 0 Å². The Morgan fingerprint density at radius 2 is 2.00 bits per heavy atom. The van der Waals surface area contributed by atoms with Crippen molar-refractivity contribution in [1.29, 1.82) is 0 Å². The van der Waals surface area contributed by atoms with Gasteiger partial charge in [-0.1, -0.05) is 12.1 Å². The van der Waals surface area contributed by atoms with Crippen molar-refractivity contribution in [3.8, 4) is 0 Å². The fraction of sp³-hybridized carbons (Fsp3) is 0.316. The van der Waals surface area contributed by atoms with Crippen LogP contribution in [0, 0.1) is 24.0 Å². The van der Waals surface area contributed by atoms with Gasteiger partial charge in [0.2, 0.25) is 0 Å². The lowest BCUT2D eigenvalue weighted by Crippen LogP contribution is -2.12. The highest BCUT2D eigenvalue weighted by atomic mass is 16.6. The Morgan fingerprint density at radius 1 is 1.28 bits per heavy atom. The van der Waals surface area contributed by atoms with Gasteiger partial charge in [0, 0.05) is 12.2 Å². The van der Waals surface area contributed by atoms with Crippen molar-refractivity contribution in [1.82, 2.24) is 19.6 Å². The summed E-state index contributed by atoms with van der Waals surface area (Å²) in [5.41, 5.74) is 2.86. The van der Waals surface area contributed by atoms with Crippen molar-refractivity contribution in [2.75, 3.05) is 11.9 Å². The minimum absolute atomic E-state index is 0.0332. The zero-order chi connectivity index (χ0) is 21.0. The first-order chi connectivity index (χ1) is 13.9. The molecule has 1 N–H and O–H groups in total. The molecule has 10 heteroatoms. The van der Waals surface area contributed by atoms with E-state index in [2.05, 4.69) is 15.5 Å². The first-order valence-electron chi connectivity index (χ1n) is 9.08. The van der Waals surface area contributed by atoms with Crippen LogP contribution in [0.2, 0.25) is 0 Å². The summed E-state index contributed by atoms with van der Waals surface area (Å²) >= 11 is 0. The number of carbonyl (C=O) groups is 1. The van der Waals surface area contributed by atoms with Crippen molar-refractivity contribution in [3.63, 3.8) is 0 Å². The van der Waals surface area contributed by atoms with E-state index in [1.165, 1.54) is 0 Å². The lowest BCUT2D eigenvalue weighted by molar-refractivity contribution is -0.386. The molecule has 0 radical (unpaired) electrons. The quantitative estimate of drug-likeness (QED) is 0.460. The molecule has 0 aliphatic heterocycles. The maximum absolute atomic E-state index is 12.4. The molecule has 2 aromatic heterocycles. The highest BCUT2D eigenvalue weighted by molar-refractivity contribution is 6.04. The molecule has 3 rings (SSSR count). The van der Waals surface area contributed by atoms with Gasteiger partial charge in [-0.05, 0) is 38.5 Å². The number of nitrogens with one attached hydrogen (secondary N) is 1. The molecule has 0 unspecified atom stereocenters. The fourth-order valence-corrected chi connectivity index (χ4v) is 2.93. The number of hydrogen-bond donors (Lipinski definition) is 1. The number of rotatable bonds is 8. The summed E-state index contributed by atoms with van der Waals surface area (Å²) in [7, 11) is 0. The predicted molar refractivity (Wildman–Crippen MR) is 106 cm³/mol. The van der Waals surface area contributed by atoms with Crippen LogP contribution >= 0.6 is 0 Å². The third-order valence-corrected chi connectivity index (χ3v) is 4.39. The molecular weight excluding hydrogens is 376 g/mol.